The molecule has 0 aliphatic heterocycles. The number of hydrogen-bond acceptors (Lipinski definition) is 2. The Morgan fingerprint density at radius 1 is 1.36 bits per heavy atom. The second kappa shape index (κ2) is 5.85. The van der Waals surface area contributed by atoms with E-state index in [0.29, 0.717) is 0 Å². The van der Waals surface area contributed by atoms with Crippen LogP contribution in [0.4, 0.5) is 0 Å². The van der Waals surface area contributed by atoms with Gasteiger partial charge in [-0.1, -0.05) is 6.07 Å². The number of aliphatic hydroxyl groups is 1. The van der Waals surface area contributed by atoms with E-state index < -0.39 is 0 Å². The number of aliphatic hydroxyl groups excluding tert-OH is 1. The lowest BCUT2D eigenvalue weighted by Crippen LogP contribution is -2.28. The molecule has 78 valence electrons. The standard InChI is InChI=1S/C10H13Br2NO/c1-7(6-14)13-5-8-2-3-9(11)10(12)4-8/h2-4,7,13-14H,5-6H2,1H3. The predicted octanol–water partition coefficient (Wildman–Crippen LogP) is 2.68. The summed E-state index contributed by atoms with van der Waals surface area (Å²) in [6, 6.07) is 6.25. The zero-order valence-electron chi connectivity index (χ0n) is 7.93. The zero-order valence-corrected chi connectivity index (χ0v) is 11.1. The van der Waals surface area contributed by atoms with Crippen LogP contribution in [0.1, 0.15) is 12.5 Å². The lowest BCUT2D eigenvalue weighted by Gasteiger charge is -2.10. The molecule has 0 heterocycles. The average Bonchev–Trinajstić information content (AvgIpc) is 2.19. The van der Waals surface area contributed by atoms with Crippen LogP contribution in [-0.4, -0.2) is 17.8 Å². The van der Waals surface area contributed by atoms with Crippen LogP contribution in [-0.2, 0) is 6.54 Å². The number of benzene rings is 1. The second-order valence-electron chi connectivity index (χ2n) is 3.21. The first kappa shape index (κ1) is 12.2. The molecule has 2 N–H and O–H groups in total. The molecule has 14 heavy (non-hydrogen) atoms. The van der Waals surface area contributed by atoms with Crippen LogP contribution in [0.15, 0.2) is 27.1 Å². The van der Waals surface area contributed by atoms with Gasteiger partial charge in [-0.2, -0.15) is 0 Å². The first-order chi connectivity index (χ1) is 6.63. The highest BCUT2D eigenvalue weighted by atomic mass is 79.9. The van der Waals surface area contributed by atoms with E-state index >= 15 is 0 Å². The van der Waals surface area contributed by atoms with Crippen LogP contribution in [0, 0.1) is 0 Å². The summed E-state index contributed by atoms with van der Waals surface area (Å²) in [5.41, 5.74) is 1.19. The molecule has 4 heteroatoms. The summed E-state index contributed by atoms with van der Waals surface area (Å²) in [5.74, 6) is 0. The van der Waals surface area contributed by atoms with Gasteiger partial charge in [-0.05, 0) is 56.5 Å². The molecular weight excluding hydrogens is 310 g/mol. The molecule has 0 bridgehead atoms. The molecule has 0 saturated carbocycles. The van der Waals surface area contributed by atoms with Crippen LogP contribution in [0.5, 0.6) is 0 Å². The first-order valence-electron chi connectivity index (χ1n) is 4.41. The lowest BCUT2D eigenvalue weighted by molar-refractivity contribution is 0.251. The second-order valence-corrected chi connectivity index (χ2v) is 4.92. The van der Waals surface area contributed by atoms with Crippen molar-refractivity contribution in [1.82, 2.24) is 5.32 Å². The van der Waals surface area contributed by atoms with E-state index in [4.69, 9.17) is 5.11 Å². The van der Waals surface area contributed by atoms with Crippen molar-refractivity contribution in [3.8, 4) is 0 Å². The Labute approximate surface area is 101 Å². The molecule has 1 unspecified atom stereocenters. The highest BCUT2D eigenvalue weighted by Crippen LogP contribution is 2.23. The van der Waals surface area contributed by atoms with Crippen molar-refractivity contribution < 1.29 is 5.11 Å². The van der Waals surface area contributed by atoms with Gasteiger partial charge in [0.1, 0.15) is 0 Å². The number of rotatable bonds is 4. The SMILES string of the molecule is CC(CO)NCc1ccc(Br)c(Br)c1. The quantitative estimate of drug-likeness (QED) is 0.893. The topological polar surface area (TPSA) is 32.3 Å². The third-order valence-electron chi connectivity index (χ3n) is 1.91. The monoisotopic (exact) mass is 321 g/mol. The molecule has 0 aromatic heterocycles. The van der Waals surface area contributed by atoms with Gasteiger partial charge in [0.2, 0.25) is 0 Å². The Bertz CT molecular complexity index is 304. The largest absolute Gasteiger partial charge is 0.395 e. The van der Waals surface area contributed by atoms with E-state index in [2.05, 4.69) is 43.2 Å². The molecule has 0 fully saturated rings. The van der Waals surface area contributed by atoms with Crippen molar-refractivity contribution in [2.45, 2.75) is 19.5 Å². The van der Waals surface area contributed by atoms with Crippen molar-refractivity contribution in [3.05, 3.63) is 32.7 Å². The van der Waals surface area contributed by atoms with Crippen LogP contribution in [0.25, 0.3) is 0 Å². The molecule has 1 atom stereocenters. The molecule has 0 amide bonds. The summed E-state index contributed by atoms with van der Waals surface area (Å²) in [7, 11) is 0. The van der Waals surface area contributed by atoms with E-state index in [1.807, 2.05) is 19.1 Å². The maximum absolute atomic E-state index is 8.83. The first-order valence-corrected chi connectivity index (χ1v) is 6.00. The van der Waals surface area contributed by atoms with Gasteiger partial charge >= 0.3 is 0 Å². The normalized spacial score (nSPS) is 12.9. The van der Waals surface area contributed by atoms with E-state index in [9.17, 15) is 0 Å². The maximum atomic E-state index is 8.83. The highest BCUT2D eigenvalue weighted by Gasteiger charge is 2.01. The van der Waals surface area contributed by atoms with Gasteiger partial charge in [0.05, 0.1) is 6.61 Å². The third-order valence-corrected chi connectivity index (χ3v) is 3.79. The van der Waals surface area contributed by atoms with E-state index in [1.54, 1.807) is 0 Å². The summed E-state index contributed by atoms with van der Waals surface area (Å²) >= 11 is 6.86. The molecule has 0 spiro atoms. The number of hydrogen-bond donors (Lipinski definition) is 2. The molecule has 1 aromatic carbocycles. The third kappa shape index (κ3) is 3.69. The summed E-state index contributed by atoms with van der Waals surface area (Å²) in [5, 5.41) is 12.0. The van der Waals surface area contributed by atoms with Crippen molar-refractivity contribution >= 4 is 31.9 Å². The molecule has 2 nitrogen and oxygen atoms in total. The smallest absolute Gasteiger partial charge is 0.0582 e. The minimum absolute atomic E-state index is 0.137. The van der Waals surface area contributed by atoms with Gasteiger partial charge in [0.15, 0.2) is 0 Å². The summed E-state index contributed by atoms with van der Waals surface area (Å²) < 4.78 is 2.10. The maximum Gasteiger partial charge on any atom is 0.0582 e. The van der Waals surface area contributed by atoms with Crippen LogP contribution < -0.4 is 5.32 Å². The molecular formula is C10H13Br2NO. The molecule has 0 saturated heterocycles. The minimum atomic E-state index is 0.137. The molecule has 0 radical (unpaired) electrons. The van der Waals surface area contributed by atoms with E-state index in [1.165, 1.54) is 5.56 Å². The van der Waals surface area contributed by atoms with Gasteiger partial charge in [0.25, 0.3) is 0 Å². The Kier molecular flexibility index (Phi) is 5.09. The summed E-state index contributed by atoms with van der Waals surface area (Å²) in [6.45, 7) is 2.89. The van der Waals surface area contributed by atoms with E-state index in [0.717, 1.165) is 15.5 Å². The summed E-state index contributed by atoms with van der Waals surface area (Å²) in [4.78, 5) is 0. The number of halogens is 2. The Morgan fingerprint density at radius 2 is 2.07 bits per heavy atom. The molecule has 0 aliphatic carbocycles. The van der Waals surface area contributed by atoms with Crippen molar-refractivity contribution in [2.75, 3.05) is 6.61 Å². The van der Waals surface area contributed by atoms with Gasteiger partial charge < -0.3 is 10.4 Å². The molecule has 1 aromatic rings. The fourth-order valence-corrected chi connectivity index (χ4v) is 1.68. The Hall–Kier alpha value is 0.1000. The fourth-order valence-electron chi connectivity index (χ4n) is 1.01. The summed E-state index contributed by atoms with van der Waals surface area (Å²) in [6.07, 6.45) is 0. The average molecular weight is 323 g/mol. The fraction of sp³-hybridized carbons (Fsp3) is 0.400. The number of nitrogens with one attached hydrogen (secondary N) is 1. The van der Waals surface area contributed by atoms with Gasteiger partial charge in [0, 0.05) is 21.5 Å². The van der Waals surface area contributed by atoms with Crippen LogP contribution in [0.3, 0.4) is 0 Å². The van der Waals surface area contributed by atoms with Crippen molar-refractivity contribution in [2.24, 2.45) is 0 Å². The predicted molar refractivity (Wildman–Crippen MR) is 65.2 cm³/mol. The van der Waals surface area contributed by atoms with E-state index in [-0.39, 0.29) is 12.6 Å². The zero-order chi connectivity index (χ0) is 10.6. The minimum Gasteiger partial charge on any atom is -0.395 e. The van der Waals surface area contributed by atoms with Gasteiger partial charge in [-0.3, -0.25) is 0 Å². The van der Waals surface area contributed by atoms with Crippen molar-refractivity contribution in [1.29, 1.82) is 0 Å². The van der Waals surface area contributed by atoms with Gasteiger partial charge in [-0.15, -0.1) is 0 Å². The van der Waals surface area contributed by atoms with Crippen molar-refractivity contribution in [3.63, 3.8) is 0 Å². The lowest BCUT2D eigenvalue weighted by atomic mass is 10.2. The highest BCUT2D eigenvalue weighted by molar-refractivity contribution is 9.13. The Balaban J connectivity index is 2.55. The molecule has 0 aliphatic rings. The van der Waals surface area contributed by atoms with Crippen LogP contribution >= 0.6 is 31.9 Å². The van der Waals surface area contributed by atoms with Crippen LogP contribution in [0.2, 0.25) is 0 Å². The molecule has 1 rings (SSSR count). The van der Waals surface area contributed by atoms with Gasteiger partial charge in [-0.25, -0.2) is 0 Å². The Morgan fingerprint density at radius 3 is 2.64 bits per heavy atom.